The molecule has 6 heteroatoms. The minimum absolute atomic E-state index is 0.0539. The summed E-state index contributed by atoms with van der Waals surface area (Å²) in [4.78, 5) is 24.1. The fourth-order valence-electron chi connectivity index (χ4n) is 1.65. The topological polar surface area (TPSA) is 75.6 Å². The maximum Gasteiger partial charge on any atom is 0.349 e. The molecule has 1 unspecified atom stereocenters. The summed E-state index contributed by atoms with van der Waals surface area (Å²) in [5.41, 5.74) is 0. The first-order chi connectivity index (χ1) is 9.85. The number of carboxylic acids is 1. The molecule has 1 amide bonds. The third-order valence-electron chi connectivity index (χ3n) is 3.19. The molecule has 0 bridgehead atoms. The molecule has 1 aromatic rings. The van der Waals surface area contributed by atoms with Crippen LogP contribution in [0.3, 0.4) is 0 Å². The van der Waals surface area contributed by atoms with Gasteiger partial charge < -0.3 is 15.2 Å². The van der Waals surface area contributed by atoms with Crippen molar-refractivity contribution in [2.24, 2.45) is 5.92 Å². The Morgan fingerprint density at radius 1 is 1.38 bits per heavy atom. The molecule has 0 saturated carbocycles. The van der Waals surface area contributed by atoms with Crippen molar-refractivity contribution < 1.29 is 19.4 Å². The largest absolute Gasteiger partial charge is 0.482 e. The quantitative estimate of drug-likeness (QED) is 0.773. The van der Waals surface area contributed by atoms with Crippen LogP contribution >= 0.6 is 11.3 Å². The summed E-state index contributed by atoms with van der Waals surface area (Å²) in [7, 11) is 0. The van der Waals surface area contributed by atoms with Gasteiger partial charge in [0.15, 0.2) is 11.5 Å². The lowest BCUT2D eigenvalue weighted by Gasteiger charge is -2.17. The summed E-state index contributed by atoms with van der Waals surface area (Å²) in [6.45, 7) is 7.82. The zero-order chi connectivity index (χ0) is 16.0. The van der Waals surface area contributed by atoms with Gasteiger partial charge in [-0.3, -0.25) is 4.79 Å². The molecular weight excluding hydrogens is 290 g/mol. The molecule has 1 aromatic heterocycles. The van der Waals surface area contributed by atoms with Crippen molar-refractivity contribution in [3.63, 3.8) is 0 Å². The van der Waals surface area contributed by atoms with Crippen LogP contribution < -0.4 is 10.1 Å². The van der Waals surface area contributed by atoms with Gasteiger partial charge in [0.05, 0.1) is 0 Å². The van der Waals surface area contributed by atoms with Crippen molar-refractivity contribution >= 4 is 23.2 Å². The Hall–Kier alpha value is -1.56. The van der Waals surface area contributed by atoms with E-state index in [4.69, 9.17) is 9.84 Å². The van der Waals surface area contributed by atoms with Crippen LogP contribution in [-0.2, 0) is 11.2 Å². The van der Waals surface area contributed by atoms with E-state index >= 15 is 0 Å². The number of ether oxygens (including phenoxy) is 1. The summed E-state index contributed by atoms with van der Waals surface area (Å²) >= 11 is 1.21. The number of hydrogen-bond donors (Lipinski definition) is 2. The molecule has 1 rings (SSSR count). The van der Waals surface area contributed by atoms with Crippen LogP contribution in [0.4, 0.5) is 0 Å². The Labute approximate surface area is 129 Å². The minimum Gasteiger partial charge on any atom is -0.482 e. The molecule has 0 aromatic carbocycles. The van der Waals surface area contributed by atoms with Crippen LogP contribution in [-0.4, -0.2) is 29.6 Å². The Balaban J connectivity index is 2.65. The van der Waals surface area contributed by atoms with Crippen LogP contribution in [0.25, 0.3) is 0 Å². The molecule has 5 nitrogen and oxygen atoms in total. The summed E-state index contributed by atoms with van der Waals surface area (Å²) in [6.07, 6.45) is 1.75. The highest BCUT2D eigenvalue weighted by Gasteiger charge is 2.18. The highest BCUT2D eigenvalue weighted by Crippen LogP contribution is 2.30. The van der Waals surface area contributed by atoms with Crippen LogP contribution in [0.15, 0.2) is 6.07 Å². The predicted molar refractivity (Wildman–Crippen MR) is 83.2 cm³/mol. The molecule has 0 saturated heterocycles. The average Bonchev–Trinajstić information content (AvgIpc) is 2.80. The second kappa shape index (κ2) is 8.02. The van der Waals surface area contributed by atoms with Gasteiger partial charge in [-0.2, -0.15) is 0 Å². The fraction of sp³-hybridized carbons (Fsp3) is 0.600. The minimum atomic E-state index is -1.02. The number of aryl methyl sites for hydroxylation is 1. The van der Waals surface area contributed by atoms with Crippen molar-refractivity contribution in [2.45, 2.75) is 46.6 Å². The van der Waals surface area contributed by atoms with E-state index < -0.39 is 5.97 Å². The molecule has 0 radical (unpaired) electrons. The van der Waals surface area contributed by atoms with E-state index in [0.29, 0.717) is 5.92 Å². The van der Waals surface area contributed by atoms with Gasteiger partial charge in [0.25, 0.3) is 5.91 Å². The number of carbonyl (C=O) groups is 2. The Bertz CT molecular complexity index is 496. The zero-order valence-corrected chi connectivity index (χ0v) is 13.8. The monoisotopic (exact) mass is 313 g/mol. The molecule has 21 heavy (non-hydrogen) atoms. The molecule has 1 atom stereocenters. The summed E-state index contributed by atoms with van der Waals surface area (Å²) in [6, 6.07) is 1.77. The lowest BCUT2D eigenvalue weighted by Crippen LogP contribution is -2.39. The number of nitrogens with one attached hydrogen (secondary N) is 1. The van der Waals surface area contributed by atoms with Crippen molar-refractivity contribution in [3.8, 4) is 5.75 Å². The zero-order valence-electron chi connectivity index (χ0n) is 12.9. The first-order valence-corrected chi connectivity index (χ1v) is 7.95. The second-order valence-corrected chi connectivity index (χ2v) is 6.49. The third-order valence-corrected chi connectivity index (χ3v) is 4.35. The Kier molecular flexibility index (Phi) is 6.68. The van der Waals surface area contributed by atoms with Gasteiger partial charge in [-0.25, -0.2) is 4.79 Å². The van der Waals surface area contributed by atoms with Gasteiger partial charge in [-0.1, -0.05) is 27.2 Å². The van der Waals surface area contributed by atoms with E-state index in [-0.39, 0.29) is 29.2 Å². The van der Waals surface area contributed by atoms with E-state index in [1.54, 1.807) is 6.07 Å². The number of carbonyl (C=O) groups excluding carboxylic acids is 1. The molecule has 1 heterocycles. The lowest BCUT2D eigenvalue weighted by molar-refractivity contribution is -0.124. The molecular formula is C15H23NO4S. The lowest BCUT2D eigenvalue weighted by atomic mass is 10.1. The summed E-state index contributed by atoms with van der Waals surface area (Å²) in [5.74, 6) is -0.645. The predicted octanol–water partition coefficient (Wildman–Crippen LogP) is 2.94. The van der Waals surface area contributed by atoms with Crippen molar-refractivity contribution in [3.05, 3.63) is 15.8 Å². The maximum atomic E-state index is 11.8. The van der Waals surface area contributed by atoms with Crippen molar-refractivity contribution in [1.82, 2.24) is 5.32 Å². The molecule has 118 valence electrons. The molecule has 0 fully saturated rings. The standard InChI is InChI=1S/C15H23NO4S/c1-5-6-11-7-12(14(21-11)15(18)19)20-8-13(17)16-10(4)9(2)3/h7,9-10H,5-6,8H2,1-4H3,(H,16,17)(H,18,19). The first kappa shape index (κ1) is 17.5. The molecule has 0 aliphatic carbocycles. The van der Waals surface area contributed by atoms with E-state index in [1.165, 1.54) is 11.3 Å². The first-order valence-electron chi connectivity index (χ1n) is 7.13. The van der Waals surface area contributed by atoms with Crippen LogP contribution in [0.5, 0.6) is 5.75 Å². The number of carboxylic acid groups (broad SMARTS) is 1. The normalized spacial score (nSPS) is 12.2. The van der Waals surface area contributed by atoms with Gasteiger partial charge in [-0.15, -0.1) is 11.3 Å². The van der Waals surface area contributed by atoms with Crippen LogP contribution in [0.2, 0.25) is 0 Å². The summed E-state index contributed by atoms with van der Waals surface area (Å²) in [5, 5.41) is 12.0. The SMILES string of the molecule is CCCc1cc(OCC(=O)NC(C)C(C)C)c(C(=O)O)s1. The van der Waals surface area contributed by atoms with E-state index in [9.17, 15) is 9.59 Å². The average molecular weight is 313 g/mol. The number of hydrogen-bond acceptors (Lipinski definition) is 4. The van der Waals surface area contributed by atoms with Crippen LogP contribution in [0, 0.1) is 5.92 Å². The highest BCUT2D eigenvalue weighted by atomic mass is 32.1. The summed E-state index contributed by atoms with van der Waals surface area (Å²) < 4.78 is 5.39. The van der Waals surface area contributed by atoms with E-state index in [0.717, 1.165) is 17.7 Å². The molecule has 0 aliphatic rings. The number of amides is 1. The highest BCUT2D eigenvalue weighted by molar-refractivity contribution is 7.14. The van der Waals surface area contributed by atoms with Crippen molar-refractivity contribution in [2.75, 3.05) is 6.61 Å². The van der Waals surface area contributed by atoms with Gasteiger partial charge in [0, 0.05) is 10.9 Å². The Morgan fingerprint density at radius 2 is 2.05 bits per heavy atom. The van der Waals surface area contributed by atoms with E-state index in [1.807, 2.05) is 27.7 Å². The number of rotatable bonds is 8. The molecule has 0 aliphatic heterocycles. The molecule has 0 spiro atoms. The van der Waals surface area contributed by atoms with Crippen molar-refractivity contribution in [1.29, 1.82) is 0 Å². The van der Waals surface area contributed by atoms with Gasteiger partial charge >= 0.3 is 5.97 Å². The maximum absolute atomic E-state index is 11.8. The van der Waals surface area contributed by atoms with E-state index in [2.05, 4.69) is 5.32 Å². The number of thiophene rings is 1. The smallest absolute Gasteiger partial charge is 0.349 e. The third kappa shape index (κ3) is 5.38. The fourth-order valence-corrected chi connectivity index (χ4v) is 2.69. The molecule has 2 N–H and O–H groups in total. The van der Waals surface area contributed by atoms with Gasteiger partial charge in [-0.05, 0) is 25.3 Å². The Morgan fingerprint density at radius 3 is 2.57 bits per heavy atom. The van der Waals surface area contributed by atoms with Gasteiger partial charge in [0.1, 0.15) is 5.75 Å². The number of aromatic carboxylic acids is 1. The second-order valence-electron chi connectivity index (χ2n) is 5.35. The van der Waals surface area contributed by atoms with Gasteiger partial charge in [0.2, 0.25) is 0 Å². The van der Waals surface area contributed by atoms with Crippen LogP contribution in [0.1, 0.15) is 48.7 Å².